The van der Waals surface area contributed by atoms with E-state index in [-0.39, 0.29) is 24.6 Å². The molecule has 1 atom stereocenters. The van der Waals surface area contributed by atoms with Gasteiger partial charge in [0, 0.05) is 24.5 Å². The average molecular weight is 584 g/mol. The van der Waals surface area contributed by atoms with Crippen molar-refractivity contribution in [2.24, 2.45) is 0 Å². The number of anilines is 1. The smallest absolute Gasteiger partial charge is 0.244 e. The second kappa shape index (κ2) is 14.3. The molecule has 0 spiro atoms. The van der Waals surface area contributed by atoms with E-state index in [9.17, 15) is 18.0 Å². The third-order valence-electron chi connectivity index (χ3n) is 6.70. The number of amides is 2. The number of carbonyl (C=O) groups is 2. The Morgan fingerprint density at radius 2 is 1.62 bits per heavy atom. The summed E-state index contributed by atoms with van der Waals surface area (Å²) >= 11 is 6.30. The molecule has 0 bridgehead atoms. The lowest BCUT2D eigenvalue weighted by molar-refractivity contribution is -0.140. The van der Waals surface area contributed by atoms with Gasteiger partial charge in [-0.3, -0.25) is 13.9 Å². The fraction of sp³-hybridized carbons (Fsp3) is 0.355. The molecule has 1 unspecified atom stereocenters. The minimum Gasteiger partial charge on any atom is -0.354 e. The Balaban J connectivity index is 2.03. The van der Waals surface area contributed by atoms with E-state index < -0.39 is 28.5 Å². The van der Waals surface area contributed by atoms with Gasteiger partial charge in [0.15, 0.2) is 0 Å². The molecule has 214 valence electrons. The normalized spacial score (nSPS) is 12.0. The monoisotopic (exact) mass is 583 g/mol. The van der Waals surface area contributed by atoms with E-state index in [2.05, 4.69) is 5.32 Å². The zero-order valence-corrected chi connectivity index (χ0v) is 25.1. The van der Waals surface area contributed by atoms with E-state index in [1.807, 2.05) is 75.4 Å². The molecule has 7 nitrogen and oxygen atoms in total. The van der Waals surface area contributed by atoms with Gasteiger partial charge in [-0.25, -0.2) is 8.42 Å². The van der Waals surface area contributed by atoms with Crippen LogP contribution >= 0.6 is 11.6 Å². The number of sulfonamides is 1. The molecular weight excluding hydrogens is 546 g/mol. The molecule has 0 aliphatic rings. The summed E-state index contributed by atoms with van der Waals surface area (Å²) in [5.74, 6) is -0.767. The van der Waals surface area contributed by atoms with Crippen molar-refractivity contribution < 1.29 is 18.0 Å². The summed E-state index contributed by atoms with van der Waals surface area (Å²) in [6.07, 6.45) is 3.06. The molecule has 1 N–H and O–H groups in total. The Labute approximate surface area is 243 Å². The fourth-order valence-corrected chi connectivity index (χ4v) is 5.32. The molecule has 0 aliphatic carbocycles. The van der Waals surface area contributed by atoms with Gasteiger partial charge in [0.1, 0.15) is 12.6 Å². The number of hydrogen-bond acceptors (Lipinski definition) is 4. The van der Waals surface area contributed by atoms with Gasteiger partial charge < -0.3 is 10.2 Å². The first kappa shape index (κ1) is 31.2. The Bertz CT molecular complexity index is 1400. The molecule has 2 amide bonds. The van der Waals surface area contributed by atoms with Gasteiger partial charge >= 0.3 is 0 Å². The Hall–Kier alpha value is -3.36. The van der Waals surface area contributed by atoms with Crippen LogP contribution in [-0.4, -0.2) is 50.5 Å². The van der Waals surface area contributed by atoms with Crippen molar-refractivity contribution in [2.45, 2.75) is 52.6 Å². The van der Waals surface area contributed by atoms with Gasteiger partial charge in [0.05, 0.1) is 11.9 Å². The molecular formula is C31H38ClN3O4S. The third-order valence-corrected chi connectivity index (χ3v) is 8.24. The van der Waals surface area contributed by atoms with Crippen molar-refractivity contribution in [1.29, 1.82) is 0 Å². The molecule has 40 heavy (non-hydrogen) atoms. The highest BCUT2D eigenvalue weighted by molar-refractivity contribution is 7.92. The second-order valence-corrected chi connectivity index (χ2v) is 12.4. The van der Waals surface area contributed by atoms with Crippen LogP contribution in [0.2, 0.25) is 5.02 Å². The van der Waals surface area contributed by atoms with E-state index >= 15 is 0 Å². The molecule has 0 aromatic heterocycles. The minimum absolute atomic E-state index is 0.143. The summed E-state index contributed by atoms with van der Waals surface area (Å²) in [6.45, 7) is 5.99. The molecule has 0 saturated carbocycles. The Morgan fingerprint density at radius 1 is 0.950 bits per heavy atom. The molecule has 0 aliphatic heterocycles. The maximum atomic E-state index is 14.1. The molecule has 3 aromatic rings. The predicted octanol–water partition coefficient (Wildman–Crippen LogP) is 5.28. The van der Waals surface area contributed by atoms with Crippen LogP contribution < -0.4 is 9.62 Å². The Kier molecular flexibility index (Phi) is 11.2. The quantitative estimate of drug-likeness (QED) is 0.277. The van der Waals surface area contributed by atoms with Crippen LogP contribution in [0.25, 0.3) is 0 Å². The van der Waals surface area contributed by atoms with E-state index in [1.165, 1.54) is 11.0 Å². The van der Waals surface area contributed by atoms with E-state index in [0.717, 1.165) is 45.7 Å². The summed E-state index contributed by atoms with van der Waals surface area (Å²) < 4.78 is 26.8. The molecule has 9 heteroatoms. The van der Waals surface area contributed by atoms with Crippen molar-refractivity contribution in [1.82, 2.24) is 10.2 Å². The van der Waals surface area contributed by atoms with Crippen LogP contribution in [0, 0.1) is 13.8 Å². The van der Waals surface area contributed by atoms with Crippen LogP contribution in [0.15, 0.2) is 72.8 Å². The van der Waals surface area contributed by atoms with Crippen molar-refractivity contribution in [2.75, 3.05) is 23.7 Å². The molecule has 0 fully saturated rings. The van der Waals surface area contributed by atoms with Crippen molar-refractivity contribution in [3.63, 3.8) is 0 Å². The average Bonchev–Trinajstić information content (AvgIpc) is 2.92. The number of nitrogens with zero attached hydrogens (tertiary/aromatic N) is 2. The molecule has 3 aromatic carbocycles. The van der Waals surface area contributed by atoms with Gasteiger partial charge in [-0.05, 0) is 49.1 Å². The fourth-order valence-electron chi connectivity index (χ4n) is 4.30. The highest BCUT2D eigenvalue weighted by Crippen LogP contribution is 2.25. The first-order valence-electron chi connectivity index (χ1n) is 13.4. The number of aryl methyl sites for hydroxylation is 2. The van der Waals surface area contributed by atoms with Crippen LogP contribution in [0.1, 0.15) is 42.0 Å². The zero-order valence-electron chi connectivity index (χ0n) is 23.6. The van der Waals surface area contributed by atoms with Crippen molar-refractivity contribution in [3.05, 3.63) is 100 Å². The van der Waals surface area contributed by atoms with Crippen LogP contribution in [0.3, 0.4) is 0 Å². The predicted molar refractivity (Wildman–Crippen MR) is 162 cm³/mol. The third kappa shape index (κ3) is 8.83. The highest BCUT2D eigenvalue weighted by atomic mass is 35.5. The van der Waals surface area contributed by atoms with Gasteiger partial charge in [-0.15, -0.1) is 0 Å². The van der Waals surface area contributed by atoms with Gasteiger partial charge in [-0.1, -0.05) is 91.2 Å². The lowest BCUT2D eigenvalue weighted by Crippen LogP contribution is -2.53. The summed E-state index contributed by atoms with van der Waals surface area (Å²) in [5, 5.41) is 3.38. The van der Waals surface area contributed by atoms with E-state index in [1.54, 1.807) is 12.1 Å². The maximum absolute atomic E-state index is 14.1. The number of halogens is 1. The maximum Gasteiger partial charge on any atom is 0.244 e. The number of nitrogens with one attached hydrogen (secondary N) is 1. The molecule has 0 saturated heterocycles. The number of unbranched alkanes of at least 4 members (excludes halogenated alkanes) is 1. The first-order chi connectivity index (χ1) is 19.0. The number of rotatable bonds is 13. The van der Waals surface area contributed by atoms with E-state index in [4.69, 9.17) is 11.6 Å². The van der Waals surface area contributed by atoms with E-state index in [0.29, 0.717) is 11.6 Å². The lowest BCUT2D eigenvalue weighted by atomic mass is 10.0. The molecule has 0 heterocycles. The lowest BCUT2D eigenvalue weighted by Gasteiger charge is -2.33. The van der Waals surface area contributed by atoms with Crippen LogP contribution in [0.5, 0.6) is 0 Å². The summed E-state index contributed by atoms with van der Waals surface area (Å²) in [5.41, 5.74) is 3.87. The summed E-state index contributed by atoms with van der Waals surface area (Å²) in [4.78, 5) is 29.2. The van der Waals surface area contributed by atoms with Crippen LogP contribution in [-0.2, 0) is 32.6 Å². The number of hydrogen-bond donors (Lipinski definition) is 1. The number of benzene rings is 3. The van der Waals surface area contributed by atoms with Gasteiger partial charge in [-0.2, -0.15) is 0 Å². The minimum atomic E-state index is -3.85. The molecule has 0 radical (unpaired) electrons. The van der Waals surface area contributed by atoms with Crippen molar-refractivity contribution in [3.8, 4) is 0 Å². The topological polar surface area (TPSA) is 86.8 Å². The number of carbonyl (C=O) groups excluding carboxylic acids is 2. The van der Waals surface area contributed by atoms with Gasteiger partial charge in [0.25, 0.3) is 0 Å². The second-order valence-electron chi connectivity index (χ2n) is 10.1. The highest BCUT2D eigenvalue weighted by Gasteiger charge is 2.33. The Morgan fingerprint density at radius 3 is 2.23 bits per heavy atom. The SMILES string of the molecule is CCCCNC(=O)C(Cc1ccccc1)N(Cc1ccc(C)cc1)C(=O)CN(c1ccc(C)c(Cl)c1)S(C)(=O)=O. The summed E-state index contributed by atoms with van der Waals surface area (Å²) in [6, 6.07) is 21.2. The van der Waals surface area contributed by atoms with Gasteiger partial charge in [0.2, 0.25) is 21.8 Å². The molecule has 3 rings (SSSR count). The first-order valence-corrected chi connectivity index (χ1v) is 15.6. The standard InChI is InChI=1S/C31H38ClN3O4S/c1-5-6-18-33-31(37)29(19-25-10-8-7-9-11-25)34(21-26-15-12-23(2)13-16-26)30(36)22-35(40(4,38)39)27-17-14-24(3)28(32)20-27/h7-17,20,29H,5-6,18-19,21-22H2,1-4H3,(H,33,37). The zero-order chi connectivity index (χ0) is 29.3. The summed E-state index contributed by atoms with van der Waals surface area (Å²) in [7, 11) is -3.85. The largest absolute Gasteiger partial charge is 0.354 e. The van der Waals surface area contributed by atoms with Crippen molar-refractivity contribution >= 4 is 39.1 Å². The van der Waals surface area contributed by atoms with Crippen LogP contribution in [0.4, 0.5) is 5.69 Å².